The molecule has 0 amide bonds. The maximum atomic E-state index is 9.25. The second-order valence-corrected chi connectivity index (χ2v) is 5.32. The van der Waals surface area contributed by atoms with E-state index in [-0.39, 0.29) is 12.0 Å². The molecule has 0 aliphatic heterocycles. The van der Waals surface area contributed by atoms with Crippen LogP contribution in [0.15, 0.2) is 30.5 Å². The summed E-state index contributed by atoms with van der Waals surface area (Å²) in [6, 6.07) is 7.73. The first-order chi connectivity index (χ1) is 8.52. The molecule has 4 heteroatoms. The summed E-state index contributed by atoms with van der Waals surface area (Å²) in [6.45, 7) is 4.79. The summed E-state index contributed by atoms with van der Waals surface area (Å²) in [5, 5.41) is 14.6. The molecule has 0 radical (unpaired) electrons. The van der Waals surface area contributed by atoms with Crippen LogP contribution in [-0.4, -0.2) is 23.2 Å². The molecule has 18 heavy (non-hydrogen) atoms. The van der Waals surface area contributed by atoms with E-state index >= 15 is 0 Å². The minimum absolute atomic E-state index is 0.132. The minimum atomic E-state index is -0.176. The van der Waals surface area contributed by atoms with E-state index in [1.165, 1.54) is 0 Å². The van der Waals surface area contributed by atoms with Crippen LogP contribution < -0.4 is 11.1 Å². The fourth-order valence-corrected chi connectivity index (χ4v) is 1.71. The fourth-order valence-electron chi connectivity index (χ4n) is 1.71. The highest BCUT2D eigenvalue weighted by Crippen LogP contribution is 2.24. The highest BCUT2D eigenvalue weighted by Gasteiger charge is 2.16. The van der Waals surface area contributed by atoms with E-state index in [4.69, 9.17) is 5.73 Å². The van der Waals surface area contributed by atoms with E-state index in [1.54, 1.807) is 6.20 Å². The first kappa shape index (κ1) is 12.6. The summed E-state index contributed by atoms with van der Waals surface area (Å²) < 4.78 is 0. The van der Waals surface area contributed by atoms with Crippen molar-refractivity contribution in [2.75, 3.05) is 24.2 Å². The predicted octanol–water partition coefficient (Wildman–Crippen LogP) is 2.25. The van der Waals surface area contributed by atoms with E-state index < -0.39 is 0 Å². The van der Waals surface area contributed by atoms with Crippen LogP contribution in [0.2, 0.25) is 0 Å². The predicted molar refractivity (Wildman–Crippen MR) is 75.5 cm³/mol. The molecule has 1 heterocycles. The largest absolute Gasteiger partial charge is 0.399 e. The van der Waals surface area contributed by atoms with Gasteiger partial charge in [0, 0.05) is 35.8 Å². The van der Waals surface area contributed by atoms with E-state index in [0.29, 0.717) is 6.54 Å². The van der Waals surface area contributed by atoms with Gasteiger partial charge in [-0.05, 0) is 23.6 Å². The highest BCUT2D eigenvalue weighted by atomic mass is 16.3. The van der Waals surface area contributed by atoms with Gasteiger partial charge in [-0.15, -0.1) is 0 Å². The van der Waals surface area contributed by atoms with Crippen LogP contribution in [-0.2, 0) is 0 Å². The van der Waals surface area contributed by atoms with Crippen molar-refractivity contribution in [1.82, 2.24) is 4.98 Å². The summed E-state index contributed by atoms with van der Waals surface area (Å²) in [5.41, 5.74) is 6.35. The Morgan fingerprint density at radius 1 is 1.33 bits per heavy atom. The second kappa shape index (κ2) is 4.82. The number of aliphatic hydroxyl groups excluding tert-OH is 1. The van der Waals surface area contributed by atoms with E-state index in [2.05, 4.69) is 10.3 Å². The normalized spacial score (nSPS) is 11.7. The van der Waals surface area contributed by atoms with Gasteiger partial charge in [-0.3, -0.25) is 0 Å². The van der Waals surface area contributed by atoms with Crippen molar-refractivity contribution >= 4 is 22.3 Å². The van der Waals surface area contributed by atoms with Crippen molar-refractivity contribution in [2.45, 2.75) is 13.8 Å². The Bertz CT molecular complexity index is 552. The number of fused-ring (bicyclic) bond motifs is 1. The SMILES string of the molecule is CC(C)(CO)CNc1nccc2ccc(N)cc12. The molecule has 1 aromatic heterocycles. The van der Waals surface area contributed by atoms with Crippen LogP contribution in [0.1, 0.15) is 13.8 Å². The Kier molecular flexibility index (Phi) is 3.39. The van der Waals surface area contributed by atoms with Crippen LogP contribution in [0.25, 0.3) is 10.8 Å². The van der Waals surface area contributed by atoms with Gasteiger partial charge in [0.15, 0.2) is 0 Å². The first-order valence-electron chi connectivity index (χ1n) is 6.01. The van der Waals surface area contributed by atoms with Crippen molar-refractivity contribution in [3.8, 4) is 0 Å². The number of aliphatic hydroxyl groups is 1. The highest BCUT2D eigenvalue weighted by molar-refractivity contribution is 5.93. The van der Waals surface area contributed by atoms with Crippen molar-refractivity contribution in [1.29, 1.82) is 0 Å². The number of rotatable bonds is 4. The quantitative estimate of drug-likeness (QED) is 0.722. The smallest absolute Gasteiger partial charge is 0.133 e. The molecule has 0 bridgehead atoms. The van der Waals surface area contributed by atoms with Gasteiger partial charge < -0.3 is 16.2 Å². The van der Waals surface area contributed by atoms with Gasteiger partial charge in [0.2, 0.25) is 0 Å². The van der Waals surface area contributed by atoms with Gasteiger partial charge >= 0.3 is 0 Å². The topological polar surface area (TPSA) is 71.2 Å². The zero-order valence-electron chi connectivity index (χ0n) is 10.8. The summed E-state index contributed by atoms with van der Waals surface area (Å²) in [6.07, 6.45) is 1.77. The molecular weight excluding hydrogens is 226 g/mol. The number of hydrogen-bond donors (Lipinski definition) is 3. The number of hydrogen-bond acceptors (Lipinski definition) is 4. The lowest BCUT2D eigenvalue weighted by atomic mass is 9.95. The molecule has 2 aromatic rings. The number of pyridine rings is 1. The third-order valence-corrected chi connectivity index (χ3v) is 2.95. The molecular formula is C14H19N3O. The lowest BCUT2D eigenvalue weighted by Crippen LogP contribution is -2.27. The lowest BCUT2D eigenvalue weighted by molar-refractivity contribution is 0.171. The standard InChI is InChI=1S/C14H19N3O/c1-14(2,9-18)8-17-13-12-7-11(15)4-3-10(12)5-6-16-13/h3-7,18H,8-9,15H2,1-2H3,(H,16,17). The Hall–Kier alpha value is -1.81. The zero-order chi connectivity index (χ0) is 13.2. The molecule has 0 aliphatic rings. The number of nitrogen functional groups attached to an aromatic ring is 1. The Morgan fingerprint density at radius 2 is 2.11 bits per heavy atom. The van der Waals surface area contributed by atoms with E-state index in [1.807, 2.05) is 38.1 Å². The Morgan fingerprint density at radius 3 is 2.83 bits per heavy atom. The molecule has 0 atom stereocenters. The third-order valence-electron chi connectivity index (χ3n) is 2.95. The average Bonchev–Trinajstić information content (AvgIpc) is 2.36. The second-order valence-electron chi connectivity index (χ2n) is 5.32. The first-order valence-corrected chi connectivity index (χ1v) is 6.01. The molecule has 4 nitrogen and oxygen atoms in total. The number of nitrogens with two attached hydrogens (primary N) is 1. The number of aromatic nitrogens is 1. The van der Waals surface area contributed by atoms with Gasteiger partial charge in [0.25, 0.3) is 0 Å². The average molecular weight is 245 g/mol. The van der Waals surface area contributed by atoms with E-state index in [0.717, 1.165) is 22.3 Å². The molecule has 96 valence electrons. The summed E-state index contributed by atoms with van der Waals surface area (Å²) in [5.74, 6) is 0.807. The molecule has 1 aromatic carbocycles. The summed E-state index contributed by atoms with van der Waals surface area (Å²) in [4.78, 5) is 4.34. The van der Waals surface area contributed by atoms with Crippen LogP contribution in [0.4, 0.5) is 11.5 Å². The summed E-state index contributed by atoms with van der Waals surface area (Å²) >= 11 is 0. The molecule has 4 N–H and O–H groups in total. The molecule has 2 rings (SSSR count). The minimum Gasteiger partial charge on any atom is -0.399 e. The lowest BCUT2D eigenvalue weighted by Gasteiger charge is -2.22. The molecule has 0 unspecified atom stereocenters. The number of benzene rings is 1. The van der Waals surface area contributed by atoms with Crippen molar-refractivity contribution in [2.24, 2.45) is 5.41 Å². The molecule has 0 fully saturated rings. The van der Waals surface area contributed by atoms with Crippen molar-refractivity contribution in [3.63, 3.8) is 0 Å². The Labute approximate surface area is 107 Å². The van der Waals surface area contributed by atoms with Crippen molar-refractivity contribution < 1.29 is 5.11 Å². The number of nitrogens with zero attached hydrogens (tertiary/aromatic N) is 1. The van der Waals surface area contributed by atoms with Gasteiger partial charge in [-0.25, -0.2) is 4.98 Å². The monoisotopic (exact) mass is 245 g/mol. The molecule has 0 saturated carbocycles. The van der Waals surface area contributed by atoms with Crippen LogP contribution in [0, 0.1) is 5.41 Å². The van der Waals surface area contributed by atoms with Gasteiger partial charge in [-0.1, -0.05) is 19.9 Å². The molecule has 0 spiro atoms. The number of nitrogens with one attached hydrogen (secondary N) is 1. The maximum absolute atomic E-state index is 9.25. The summed E-state index contributed by atoms with van der Waals surface area (Å²) in [7, 11) is 0. The van der Waals surface area contributed by atoms with E-state index in [9.17, 15) is 5.11 Å². The number of anilines is 2. The Balaban J connectivity index is 2.30. The maximum Gasteiger partial charge on any atom is 0.133 e. The third kappa shape index (κ3) is 2.71. The van der Waals surface area contributed by atoms with Crippen LogP contribution >= 0.6 is 0 Å². The van der Waals surface area contributed by atoms with Gasteiger partial charge in [-0.2, -0.15) is 0 Å². The molecule has 0 aliphatic carbocycles. The van der Waals surface area contributed by atoms with Crippen molar-refractivity contribution in [3.05, 3.63) is 30.5 Å². The molecule has 0 saturated heterocycles. The zero-order valence-corrected chi connectivity index (χ0v) is 10.8. The van der Waals surface area contributed by atoms with Crippen LogP contribution in [0.5, 0.6) is 0 Å². The van der Waals surface area contributed by atoms with Gasteiger partial charge in [0.1, 0.15) is 5.82 Å². The van der Waals surface area contributed by atoms with Gasteiger partial charge in [0.05, 0.1) is 0 Å². The van der Waals surface area contributed by atoms with Crippen LogP contribution in [0.3, 0.4) is 0 Å². The fraction of sp³-hybridized carbons (Fsp3) is 0.357.